The lowest BCUT2D eigenvalue weighted by Gasteiger charge is -2.18. The first-order valence-electron chi connectivity index (χ1n) is 7.88. The molecule has 0 bridgehead atoms. The molecular formula is C19H19ClN2O2. The molecule has 24 heavy (non-hydrogen) atoms. The lowest BCUT2D eigenvalue weighted by atomic mass is 10.1. The molecule has 0 aliphatic carbocycles. The van der Waals surface area contributed by atoms with Crippen LogP contribution in [0, 0.1) is 19.8 Å². The van der Waals surface area contributed by atoms with Gasteiger partial charge in [0.05, 0.1) is 16.6 Å². The maximum atomic E-state index is 12.5. The summed E-state index contributed by atoms with van der Waals surface area (Å²) in [6.45, 7) is 4.38. The third-order valence-electron chi connectivity index (χ3n) is 4.41. The maximum absolute atomic E-state index is 12.5. The summed E-state index contributed by atoms with van der Waals surface area (Å²) < 4.78 is 0. The van der Waals surface area contributed by atoms with Gasteiger partial charge < -0.3 is 10.2 Å². The van der Waals surface area contributed by atoms with Crippen molar-refractivity contribution in [3.63, 3.8) is 0 Å². The molecule has 0 aromatic heterocycles. The van der Waals surface area contributed by atoms with Crippen molar-refractivity contribution in [3.05, 3.63) is 58.6 Å². The fourth-order valence-electron chi connectivity index (χ4n) is 2.85. The summed E-state index contributed by atoms with van der Waals surface area (Å²) in [6, 6.07) is 13.0. The number of hydrogen-bond donors (Lipinski definition) is 1. The van der Waals surface area contributed by atoms with Crippen LogP contribution in [0.4, 0.5) is 11.4 Å². The van der Waals surface area contributed by atoms with Gasteiger partial charge in [0, 0.05) is 18.7 Å². The van der Waals surface area contributed by atoms with Crippen molar-refractivity contribution in [3.8, 4) is 0 Å². The normalized spacial score (nSPS) is 17.2. The topological polar surface area (TPSA) is 49.4 Å². The molecule has 0 spiro atoms. The number of rotatable bonds is 3. The molecule has 1 fully saturated rings. The third-order valence-corrected chi connectivity index (χ3v) is 4.73. The zero-order chi connectivity index (χ0) is 17.3. The van der Waals surface area contributed by atoms with Crippen molar-refractivity contribution in [2.24, 2.45) is 5.92 Å². The third kappa shape index (κ3) is 3.29. The van der Waals surface area contributed by atoms with Crippen LogP contribution in [0.3, 0.4) is 0 Å². The van der Waals surface area contributed by atoms with Gasteiger partial charge in [-0.2, -0.15) is 0 Å². The van der Waals surface area contributed by atoms with Crippen molar-refractivity contribution in [1.29, 1.82) is 0 Å². The van der Waals surface area contributed by atoms with Crippen LogP contribution in [0.2, 0.25) is 5.02 Å². The number of para-hydroxylation sites is 1. The Morgan fingerprint density at radius 2 is 1.92 bits per heavy atom. The molecule has 1 heterocycles. The molecule has 0 radical (unpaired) electrons. The second-order valence-electron chi connectivity index (χ2n) is 6.15. The first-order chi connectivity index (χ1) is 11.5. The monoisotopic (exact) mass is 342 g/mol. The van der Waals surface area contributed by atoms with Crippen LogP contribution in [0.1, 0.15) is 17.5 Å². The smallest absolute Gasteiger partial charge is 0.229 e. The molecule has 1 atom stereocenters. The number of carbonyl (C=O) groups excluding carboxylic acids is 2. The molecule has 2 amide bonds. The van der Waals surface area contributed by atoms with E-state index in [2.05, 4.69) is 5.32 Å². The number of nitrogens with zero attached hydrogens (tertiary/aromatic N) is 1. The van der Waals surface area contributed by atoms with Crippen LogP contribution >= 0.6 is 11.6 Å². The lowest BCUT2D eigenvalue weighted by molar-refractivity contribution is -0.122. The number of halogens is 1. The maximum Gasteiger partial charge on any atom is 0.229 e. The number of hydrogen-bond acceptors (Lipinski definition) is 2. The minimum absolute atomic E-state index is 0.0802. The molecule has 1 aliphatic heterocycles. The molecule has 3 rings (SSSR count). The highest BCUT2D eigenvalue weighted by Crippen LogP contribution is 2.31. The summed E-state index contributed by atoms with van der Waals surface area (Å²) >= 11 is 6.16. The van der Waals surface area contributed by atoms with Gasteiger partial charge in [-0.1, -0.05) is 29.8 Å². The van der Waals surface area contributed by atoms with Gasteiger partial charge in [0.15, 0.2) is 0 Å². The average Bonchev–Trinajstić information content (AvgIpc) is 2.93. The Hall–Kier alpha value is -2.33. The van der Waals surface area contributed by atoms with E-state index in [4.69, 9.17) is 11.6 Å². The predicted molar refractivity (Wildman–Crippen MR) is 96.5 cm³/mol. The summed E-state index contributed by atoms with van der Waals surface area (Å²) in [6.07, 6.45) is 0.196. The Morgan fingerprint density at radius 3 is 2.62 bits per heavy atom. The van der Waals surface area contributed by atoms with Gasteiger partial charge >= 0.3 is 0 Å². The molecule has 5 heteroatoms. The van der Waals surface area contributed by atoms with E-state index in [1.165, 1.54) is 5.56 Å². The number of anilines is 2. The number of amides is 2. The largest absolute Gasteiger partial charge is 0.326 e. The van der Waals surface area contributed by atoms with E-state index in [-0.39, 0.29) is 24.2 Å². The van der Waals surface area contributed by atoms with Crippen LogP contribution < -0.4 is 10.2 Å². The van der Waals surface area contributed by atoms with Gasteiger partial charge in [0.25, 0.3) is 0 Å². The van der Waals surface area contributed by atoms with Crippen LogP contribution in [0.25, 0.3) is 0 Å². The number of carbonyl (C=O) groups is 2. The minimum atomic E-state index is -0.379. The van der Waals surface area contributed by atoms with E-state index in [1.807, 2.05) is 44.2 Å². The molecule has 1 unspecified atom stereocenters. The molecule has 2 aromatic rings. The van der Waals surface area contributed by atoms with Gasteiger partial charge in [0.2, 0.25) is 11.8 Å². The summed E-state index contributed by atoms with van der Waals surface area (Å²) in [5.74, 6) is -0.597. The zero-order valence-corrected chi connectivity index (χ0v) is 14.4. The highest BCUT2D eigenvalue weighted by atomic mass is 35.5. The van der Waals surface area contributed by atoms with Crippen LogP contribution in [-0.2, 0) is 9.59 Å². The quantitative estimate of drug-likeness (QED) is 0.918. The Morgan fingerprint density at radius 1 is 1.17 bits per heavy atom. The SMILES string of the molecule is Cc1ccc(NC(=O)C2CC(=O)N(c3ccccc3Cl)C2)cc1C. The van der Waals surface area contributed by atoms with Gasteiger partial charge in [-0.05, 0) is 49.2 Å². The Labute approximate surface area is 146 Å². The average molecular weight is 343 g/mol. The molecule has 1 N–H and O–H groups in total. The lowest BCUT2D eigenvalue weighted by Crippen LogP contribution is -2.28. The number of aryl methyl sites for hydroxylation is 2. The highest BCUT2D eigenvalue weighted by Gasteiger charge is 2.35. The standard InChI is InChI=1S/C19H19ClN2O2/c1-12-7-8-15(9-13(12)2)21-19(24)14-10-18(23)22(11-14)17-6-4-3-5-16(17)20/h3-9,14H,10-11H2,1-2H3,(H,21,24). The number of benzene rings is 2. The molecule has 124 valence electrons. The van der Waals surface area contributed by atoms with Crippen molar-refractivity contribution in [1.82, 2.24) is 0 Å². The molecule has 4 nitrogen and oxygen atoms in total. The number of nitrogens with one attached hydrogen (secondary N) is 1. The minimum Gasteiger partial charge on any atom is -0.326 e. The van der Waals surface area contributed by atoms with Crippen LogP contribution in [-0.4, -0.2) is 18.4 Å². The van der Waals surface area contributed by atoms with Gasteiger partial charge in [0.1, 0.15) is 0 Å². The molecule has 2 aromatic carbocycles. The van der Waals surface area contributed by atoms with E-state index in [0.717, 1.165) is 11.3 Å². The fraction of sp³-hybridized carbons (Fsp3) is 0.263. The van der Waals surface area contributed by atoms with Crippen molar-refractivity contribution in [2.45, 2.75) is 20.3 Å². The first kappa shape index (κ1) is 16.5. The van der Waals surface area contributed by atoms with E-state index < -0.39 is 0 Å². The molecular weight excluding hydrogens is 324 g/mol. The van der Waals surface area contributed by atoms with Crippen molar-refractivity contribution >= 4 is 34.8 Å². The van der Waals surface area contributed by atoms with Crippen molar-refractivity contribution < 1.29 is 9.59 Å². The second-order valence-corrected chi connectivity index (χ2v) is 6.55. The summed E-state index contributed by atoms with van der Waals surface area (Å²) in [5, 5.41) is 3.42. The fourth-order valence-corrected chi connectivity index (χ4v) is 3.09. The highest BCUT2D eigenvalue weighted by molar-refractivity contribution is 6.33. The zero-order valence-electron chi connectivity index (χ0n) is 13.7. The van der Waals surface area contributed by atoms with Crippen LogP contribution in [0.5, 0.6) is 0 Å². The molecule has 1 aliphatic rings. The summed E-state index contributed by atoms with van der Waals surface area (Å²) in [5.41, 5.74) is 3.71. The summed E-state index contributed by atoms with van der Waals surface area (Å²) in [7, 11) is 0. The van der Waals surface area contributed by atoms with Gasteiger partial charge in [-0.15, -0.1) is 0 Å². The second kappa shape index (κ2) is 6.65. The van der Waals surface area contributed by atoms with E-state index in [0.29, 0.717) is 17.3 Å². The van der Waals surface area contributed by atoms with E-state index >= 15 is 0 Å². The van der Waals surface area contributed by atoms with Crippen molar-refractivity contribution in [2.75, 3.05) is 16.8 Å². The van der Waals surface area contributed by atoms with Crippen LogP contribution in [0.15, 0.2) is 42.5 Å². The van der Waals surface area contributed by atoms with E-state index in [1.54, 1.807) is 17.0 Å². The predicted octanol–water partition coefficient (Wildman–Crippen LogP) is 3.95. The Kier molecular flexibility index (Phi) is 4.58. The summed E-state index contributed by atoms with van der Waals surface area (Å²) in [4.78, 5) is 26.4. The van der Waals surface area contributed by atoms with Gasteiger partial charge in [-0.25, -0.2) is 0 Å². The Bertz CT molecular complexity index is 804. The first-order valence-corrected chi connectivity index (χ1v) is 8.26. The van der Waals surface area contributed by atoms with E-state index in [9.17, 15) is 9.59 Å². The Balaban J connectivity index is 1.72. The molecule has 1 saturated heterocycles. The molecule has 0 saturated carbocycles. The van der Waals surface area contributed by atoms with Gasteiger partial charge in [-0.3, -0.25) is 9.59 Å².